The topological polar surface area (TPSA) is 70.8 Å². The molecule has 3 N–H and O–H groups in total. The van der Waals surface area contributed by atoms with Crippen LogP contribution < -0.4 is 11.1 Å². The summed E-state index contributed by atoms with van der Waals surface area (Å²) >= 11 is 0. The Labute approximate surface area is 128 Å². The van der Waals surface area contributed by atoms with E-state index < -0.39 is 0 Å². The van der Waals surface area contributed by atoms with Gasteiger partial charge >= 0.3 is 0 Å². The zero-order valence-electron chi connectivity index (χ0n) is 13.1. The Kier molecular flexibility index (Phi) is 7.43. The van der Waals surface area contributed by atoms with Gasteiger partial charge in [0.15, 0.2) is 0 Å². The third-order valence-electron chi connectivity index (χ3n) is 4.35. The van der Waals surface area contributed by atoms with Crippen LogP contribution >= 0.6 is 0 Å². The number of rotatable bonds is 7. The van der Waals surface area contributed by atoms with Gasteiger partial charge in [0.05, 0.1) is 6.54 Å². The Morgan fingerprint density at radius 3 is 2.43 bits per heavy atom. The maximum atomic E-state index is 12.1. The number of nitrogens with zero attached hydrogens (tertiary/aromatic N) is 2. The number of hydrogen-bond acceptors (Lipinski definition) is 5. The molecule has 21 heavy (non-hydrogen) atoms. The quantitative estimate of drug-likeness (QED) is 0.628. The van der Waals surface area contributed by atoms with Crippen LogP contribution in [0.1, 0.15) is 25.7 Å². The van der Waals surface area contributed by atoms with Gasteiger partial charge in [-0.2, -0.15) is 0 Å². The Morgan fingerprint density at radius 1 is 1.10 bits per heavy atom. The van der Waals surface area contributed by atoms with Gasteiger partial charge in [0, 0.05) is 45.4 Å². The number of nitrogens with two attached hydrogens (primary N) is 1. The van der Waals surface area contributed by atoms with Crippen LogP contribution in [-0.2, 0) is 9.53 Å². The molecule has 2 aliphatic heterocycles. The molecular weight excluding hydrogens is 268 g/mol. The smallest absolute Gasteiger partial charge is 0.234 e. The van der Waals surface area contributed by atoms with Crippen LogP contribution in [-0.4, -0.2) is 80.8 Å². The molecule has 6 nitrogen and oxygen atoms in total. The first kappa shape index (κ1) is 16.7. The number of unbranched alkanes of at least 4 members (excludes halogenated alkanes) is 1. The molecule has 0 unspecified atom stereocenters. The van der Waals surface area contributed by atoms with Crippen molar-refractivity contribution in [1.29, 1.82) is 0 Å². The van der Waals surface area contributed by atoms with Gasteiger partial charge in [0.2, 0.25) is 5.91 Å². The number of carbonyl (C=O) groups is 1. The van der Waals surface area contributed by atoms with Crippen LogP contribution in [0.5, 0.6) is 0 Å². The van der Waals surface area contributed by atoms with E-state index in [1.54, 1.807) is 0 Å². The average Bonchev–Trinajstić information content (AvgIpc) is 2.50. The first-order chi connectivity index (χ1) is 10.3. The molecule has 2 heterocycles. The van der Waals surface area contributed by atoms with E-state index in [4.69, 9.17) is 10.5 Å². The summed E-state index contributed by atoms with van der Waals surface area (Å²) in [6, 6.07) is 0.309. The van der Waals surface area contributed by atoms with Crippen molar-refractivity contribution in [1.82, 2.24) is 15.1 Å². The zero-order chi connectivity index (χ0) is 14.9. The molecule has 2 rings (SSSR count). The van der Waals surface area contributed by atoms with Crippen molar-refractivity contribution in [2.75, 3.05) is 59.0 Å². The van der Waals surface area contributed by atoms with E-state index >= 15 is 0 Å². The van der Waals surface area contributed by atoms with Crippen LogP contribution in [0.2, 0.25) is 0 Å². The van der Waals surface area contributed by atoms with Crippen LogP contribution in [0, 0.1) is 0 Å². The van der Waals surface area contributed by atoms with Crippen molar-refractivity contribution in [3.05, 3.63) is 0 Å². The standard InChI is InChI=1S/C15H30N4O2/c16-5-1-2-6-18-7-9-19(10-8-18)13-15(20)17-14-3-11-21-12-4-14/h14H,1-13,16H2,(H,17,20). The van der Waals surface area contributed by atoms with Crippen LogP contribution in [0.25, 0.3) is 0 Å². The summed E-state index contributed by atoms with van der Waals surface area (Å²) in [7, 11) is 0. The molecule has 122 valence electrons. The molecular formula is C15H30N4O2. The summed E-state index contributed by atoms with van der Waals surface area (Å²) in [6.07, 6.45) is 4.18. The molecule has 0 atom stereocenters. The van der Waals surface area contributed by atoms with Gasteiger partial charge in [-0.3, -0.25) is 9.69 Å². The second kappa shape index (κ2) is 9.35. The summed E-state index contributed by atoms with van der Waals surface area (Å²) in [5, 5.41) is 3.13. The molecule has 0 bridgehead atoms. The van der Waals surface area contributed by atoms with E-state index in [9.17, 15) is 4.79 Å². The van der Waals surface area contributed by atoms with Gasteiger partial charge in [-0.1, -0.05) is 0 Å². The number of piperazine rings is 1. The normalized spacial score (nSPS) is 22.3. The van der Waals surface area contributed by atoms with Gasteiger partial charge in [-0.15, -0.1) is 0 Å². The molecule has 0 spiro atoms. The molecule has 0 radical (unpaired) electrons. The summed E-state index contributed by atoms with van der Waals surface area (Å²) in [5.41, 5.74) is 5.52. The number of nitrogens with one attached hydrogen (secondary N) is 1. The summed E-state index contributed by atoms with van der Waals surface area (Å²) in [5.74, 6) is 0.165. The van der Waals surface area contributed by atoms with Crippen molar-refractivity contribution >= 4 is 5.91 Å². The van der Waals surface area contributed by atoms with E-state index in [1.807, 2.05) is 0 Å². The van der Waals surface area contributed by atoms with Crippen molar-refractivity contribution in [2.24, 2.45) is 5.73 Å². The van der Waals surface area contributed by atoms with Crippen LogP contribution in [0.15, 0.2) is 0 Å². The van der Waals surface area contributed by atoms with E-state index in [2.05, 4.69) is 15.1 Å². The average molecular weight is 298 g/mol. The molecule has 2 aliphatic rings. The van der Waals surface area contributed by atoms with Crippen molar-refractivity contribution in [3.63, 3.8) is 0 Å². The highest BCUT2D eigenvalue weighted by Gasteiger charge is 2.21. The second-order valence-electron chi connectivity index (χ2n) is 6.07. The SMILES string of the molecule is NCCCCN1CCN(CC(=O)NC2CCOCC2)CC1. The monoisotopic (exact) mass is 298 g/mol. The third-order valence-corrected chi connectivity index (χ3v) is 4.35. The summed E-state index contributed by atoms with van der Waals surface area (Å²) in [4.78, 5) is 16.8. The lowest BCUT2D eigenvalue weighted by Gasteiger charge is -2.34. The first-order valence-electron chi connectivity index (χ1n) is 8.30. The van der Waals surface area contributed by atoms with Gasteiger partial charge in [0.1, 0.15) is 0 Å². The van der Waals surface area contributed by atoms with Crippen molar-refractivity contribution in [3.8, 4) is 0 Å². The van der Waals surface area contributed by atoms with Crippen molar-refractivity contribution < 1.29 is 9.53 Å². The van der Waals surface area contributed by atoms with E-state index in [0.29, 0.717) is 12.6 Å². The highest BCUT2D eigenvalue weighted by molar-refractivity contribution is 5.78. The van der Waals surface area contributed by atoms with Crippen LogP contribution in [0.3, 0.4) is 0 Å². The molecule has 0 saturated carbocycles. The fraction of sp³-hybridized carbons (Fsp3) is 0.933. The van der Waals surface area contributed by atoms with E-state index in [1.165, 1.54) is 6.42 Å². The Bertz CT molecular complexity index is 300. The maximum Gasteiger partial charge on any atom is 0.234 e. The molecule has 0 aliphatic carbocycles. The Hall–Kier alpha value is -0.690. The molecule has 0 aromatic carbocycles. The molecule has 6 heteroatoms. The minimum absolute atomic E-state index is 0.165. The first-order valence-corrected chi connectivity index (χ1v) is 8.30. The molecule has 2 fully saturated rings. The Morgan fingerprint density at radius 2 is 1.76 bits per heavy atom. The summed E-state index contributed by atoms with van der Waals surface area (Å²) in [6.45, 7) is 8.11. The number of ether oxygens (including phenoxy) is 1. The predicted molar refractivity (Wildman–Crippen MR) is 83.2 cm³/mol. The second-order valence-corrected chi connectivity index (χ2v) is 6.07. The minimum Gasteiger partial charge on any atom is -0.381 e. The van der Waals surface area contributed by atoms with E-state index in [0.717, 1.165) is 71.7 Å². The number of hydrogen-bond donors (Lipinski definition) is 2. The minimum atomic E-state index is 0.165. The highest BCUT2D eigenvalue weighted by Crippen LogP contribution is 2.07. The van der Waals surface area contributed by atoms with Gasteiger partial charge in [0.25, 0.3) is 0 Å². The van der Waals surface area contributed by atoms with Gasteiger partial charge in [-0.05, 0) is 38.8 Å². The number of carbonyl (C=O) groups excluding carboxylic acids is 1. The highest BCUT2D eigenvalue weighted by atomic mass is 16.5. The largest absolute Gasteiger partial charge is 0.381 e. The van der Waals surface area contributed by atoms with E-state index in [-0.39, 0.29) is 5.91 Å². The van der Waals surface area contributed by atoms with Gasteiger partial charge in [-0.25, -0.2) is 0 Å². The predicted octanol–water partition coefficient (Wildman–Crippen LogP) is -0.362. The fourth-order valence-electron chi connectivity index (χ4n) is 2.97. The number of amides is 1. The molecule has 0 aromatic rings. The lowest BCUT2D eigenvalue weighted by molar-refractivity contribution is -0.124. The van der Waals surface area contributed by atoms with Crippen LogP contribution in [0.4, 0.5) is 0 Å². The fourth-order valence-corrected chi connectivity index (χ4v) is 2.97. The molecule has 0 aromatic heterocycles. The van der Waals surface area contributed by atoms with Crippen molar-refractivity contribution in [2.45, 2.75) is 31.7 Å². The summed E-state index contributed by atoms with van der Waals surface area (Å²) < 4.78 is 5.31. The molecule has 1 amide bonds. The lowest BCUT2D eigenvalue weighted by atomic mass is 10.1. The maximum absolute atomic E-state index is 12.1. The Balaban J connectivity index is 1.58. The third kappa shape index (κ3) is 6.30. The zero-order valence-corrected chi connectivity index (χ0v) is 13.1. The molecule has 2 saturated heterocycles. The lowest BCUT2D eigenvalue weighted by Crippen LogP contribution is -2.51. The van der Waals surface area contributed by atoms with Gasteiger partial charge < -0.3 is 20.7 Å².